The van der Waals surface area contributed by atoms with Gasteiger partial charge in [0.1, 0.15) is 0 Å². The number of carbonyl (C=O) groups is 2. The van der Waals surface area contributed by atoms with Crippen LogP contribution in [0.5, 0.6) is 0 Å². The lowest BCUT2D eigenvalue weighted by Gasteiger charge is -2.10. The van der Waals surface area contributed by atoms with Crippen LogP contribution < -0.4 is 0 Å². The van der Waals surface area contributed by atoms with E-state index in [0.29, 0.717) is 0 Å². The van der Waals surface area contributed by atoms with Crippen LogP contribution in [-0.2, 0) is 9.47 Å². The predicted molar refractivity (Wildman–Crippen MR) is 63.0 cm³/mol. The highest BCUT2D eigenvalue weighted by atomic mass is 16.5. The molecule has 17 heavy (non-hydrogen) atoms. The summed E-state index contributed by atoms with van der Waals surface area (Å²) >= 11 is 0. The molecule has 4 heteroatoms. The Morgan fingerprint density at radius 1 is 1.12 bits per heavy atom. The number of carbonyl (C=O) groups excluding carboxylic acids is 2. The van der Waals surface area contributed by atoms with Gasteiger partial charge in [0.05, 0.1) is 23.8 Å². The maximum atomic E-state index is 11.8. The van der Waals surface area contributed by atoms with Crippen LogP contribution in [0.2, 0.25) is 0 Å². The Bertz CT molecular complexity index is 410. The topological polar surface area (TPSA) is 52.6 Å². The summed E-state index contributed by atoms with van der Waals surface area (Å²) in [4.78, 5) is 23.4. The van der Waals surface area contributed by atoms with Gasteiger partial charge >= 0.3 is 11.9 Å². The molecule has 0 amide bonds. The summed E-state index contributed by atoms with van der Waals surface area (Å²) in [6, 6.07) is 6.46. The Hall–Kier alpha value is -1.84. The molecule has 0 aromatic heterocycles. The molecule has 0 aliphatic rings. The minimum absolute atomic E-state index is 0.224. The number of hydrogen-bond acceptors (Lipinski definition) is 4. The van der Waals surface area contributed by atoms with E-state index < -0.39 is 11.9 Å². The first-order chi connectivity index (χ1) is 8.06. The second kappa shape index (κ2) is 6.03. The lowest BCUT2D eigenvalue weighted by atomic mass is 10.1. The van der Waals surface area contributed by atoms with E-state index in [1.54, 1.807) is 45.0 Å². The molecule has 0 saturated carbocycles. The maximum absolute atomic E-state index is 11.8. The lowest BCUT2D eigenvalue weighted by Crippen LogP contribution is -2.16. The zero-order valence-electron chi connectivity index (χ0n) is 10.2. The van der Waals surface area contributed by atoms with Crippen molar-refractivity contribution >= 4 is 11.9 Å². The Balaban J connectivity index is 2.99. The number of benzene rings is 1. The Labute approximate surface area is 101 Å². The van der Waals surface area contributed by atoms with Gasteiger partial charge in [-0.2, -0.15) is 0 Å². The van der Waals surface area contributed by atoms with Gasteiger partial charge in [0.2, 0.25) is 0 Å². The van der Waals surface area contributed by atoms with Gasteiger partial charge in [0.15, 0.2) is 0 Å². The SMILES string of the molecule is CCOC(=O)c1ccccc1C(=O)OC(C)C. The number of ether oxygens (including phenoxy) is 2. The van der Waals surface area contributed by atoms with Gasteiger partial charge in [0.25, 0.3) is 0 Å². The fourth-order valence-corrected chi connectivity index (χ4v) is 1.33. The normalized spacial score (nSPS) is 10.1. The van der Waals surface area contributed by atoms with Crippen LogP contribution in [0.1, 0.15) is 41.5 Å². The van der Waals surface area contributed by atoms with Gasteiger partial charge < -0.3 is 9.47 Å². The van der Waals surface area contributed by atoms with Gasteiger partial charge in [0, 0.05) is 0 Å². The molecule has 0 atom stereocenters. The Morgan fingerprint density at radius 3 is 2.12 bits per heavy atom. The van der Waals surface area contributed by atoms with Crippen LogP contribution in [0.3, 0.4) is 0 Å². The first kappa shape index (κ1) is 13.2. The summed E-state index contributed by atoms with van der Waals surface area (Å²) in [5.41, 5.74) is 0.472. The molecule has 1 aromatic carbocycles. The molecule has 1 rings (SSSR count). The van der Waals surface area contributed by atoms with Crippen molar-refractivity contribution in [3.8, 4) is 0 Å². The number of hydrogen-bond donors (Lipinski definition) is 0. The molecular formula is C13H16O4. The van der Waals surface area contributed by atoms with Crippen molar-refractivity contribution in [2.45, 2.75) is 26.9 Å². The van der Waals surface area contributed by atoms with Crippen LogP contribution in [0.25, 0.3) is 0 Å². The minimum Gasteiger partial charge on any atom is -0.462 e. The fraction of sp³-hybridized carbons (Fsp3) is 0.385. The summed E-state index contributed by atoms with van der Waals surface area (Å²) in [6.07, 6.45) is -0.224. The molecule has 1 aromatic rings. The van der Waals surface area contributed by atoms with Gasteiger partial charge in [-0.25, -0.2) is 9.59 Å². The van der Waals surface area contributed by atoms with Crippen molar-refractivity contribution in [1.29, 1.82) is 0 Å². The molecule has 0 unspecified atom stereocenters. The van der Waals surface area contributed by atoms with Crippen molar-refractivity contribution in [3.05, 3.63) is 35.4 Å². The Morgan fingerprint density at radius 2 is 1.65 bits per heavy atom. The van der Waals surface area contributed by atoms with E-state index in [1.807, 2.05) is 0 Å². The van der Waals surface area contributed by atoms with E-state index in [9.17, 15) is 9.59 Å². The van der Waals surface area contributed by atoms with Crippen LogP contribution in [-0.4, -0.2) is 24.6 Å². The molecule has 0 fully saturated rings. The van der Waals surface area contributed by atoms with Crippen LogP contribution in [0.4, 0.5) is 0 Å². The zero-order valence-corrected chi connectivity index (χ0v) is 10.2. The zero-order chi connectivity index (χ0) is 12.8. The quantitative estimate of drug-likeness (QED) is 0.753. The van der Waals surface area contributed by atoms with Crippen LogP contribution in [0, 0.1) is 0 Å². The van der Waals surface area contributed by atoms with Crippen molar-refractivity contribution in [2.24, 2.45) is 0 Å². The van der Waals surface area contributed by atoms with E-state index >= 15 is 0 Å². The van der Waals surface area contributed by atoms with Crippen molar-refractivity contribution in [2.75, 3.05) is 6.61 Å². The summed E-state index contributed by atoms with van der Waals surface area (Å²) in [5.74, 6) is -1.02. The standard InChI is InChI=1S/C13H16O4/c1-4-16-12(14)10-7-5-6-8-11(10)13(15)17-9(2)3/h5-9H,4H2,1-3H3. The molecule has 0 aliphatic carbocycles. The smallest absolute Gasteiger partial charge is 0.339 e. The second-order valence-corrected chi connectivity index (χ2v) is 3.72. The molecule has 0 heterocycles. The van der Waals surface area contributed by atoms with Crippen LogP contribution >= 0.6 is 0 Å². The summed E-state index contributed by atoms with van der Waals surface area (Å²) in [7, 11) is 0. The number of esters is 2. The molecule has 0 bridgehead atoms. The van der Waals surface area contributed by atoms with E-state index in [1.165, 1.54) is 0 Å². The minimum atomic E-state index is -0.511. The Kier molecular flexibility index (Phi) is 4.69. The highest BCUT2D eigenvalue weighted by Crippen LogP contribution is 2.12. The molecular weight excluding hydrogens is 220 g/mol. The molecule has 0 aliphatic heterocycles. The van der Waals surface area contributed by atoms with Gasteiger partial charge in [-0.3, -0.25) is 0 Å². The molecule has 4 nitrogen and oxygen atoms in total. The van der Waals surface area contributed by atoms with Gasteiger partial charge in [-0.1, -0.05) is 12.1 Å². The monoisotopic (exact) mass is 236 g/mol. The van der Waals surface area contributed by atoms with E-state index in [4.69, 9.17) is 9.47 Å². The first-order valence-electron chi connectivity index (χ1n) is 5.53. The molecule has 0 N–H and O–H groups in total. The van der Waals surface area contributed by atoms with Crippen molar-refractivity contribution in [1.82, 2.24) is 0 Å². The molecule has 0 spiro atoms. The van der Waals surface area contributed by atoms with E-state index in [2.05, 4.69) is 0 Å². The van der Waals surface area contributed by atoms with E-state index in [-0.39, 0.29) is 23.8 Å². The molecule has 0 saturated heterocycles. The lowest BCUT2D eigenvalue weighted by molar-refractivity contribution is 0.0363. The van der Waals surface area contributed by atoms with Crippen LogP contribution in [0.15, 0.2) is 24.3 Å². The average molecular weight is 236 g/mol. The molecule has 0 radical (unpaired) electrons. The fourth-order valence-electron chi connectivity index (χ4n) is 1.33. The third-order valence-corrected chi connectivity index (χ3v) is 1.99. The number of rotatable bonds is 4. The van der Waals surface area contributed by atoms with Gasteiger partial charge in [-0.15, -0.1) is 0 Å². The van der Waals surface area contributed by atoms with E-state index in [0.717, 1.165) is 0 Å². The van der Waals surface area contributed by atoms with Crippen molar-refractivity contribution < 1.29 is 19.1 Å². The largest absolute Gasteiger partial charge is 0.462 e. The predicted octanol–water partition coefficient (Wildman–Crippen LogP) is 2.43. The summed E-state index contributed by atoms with van der Waals surface area (Å²) < 4.78 is 9.94. The summed E-state index contributed by atoms with van der Waals surface area (Å²) in [6.45, 7) is 5.50. The van der Waals surface area contributed by atoms with Crippen molar-refractivity contribution in [3.63, 3.8) is 0 Å². The molecule has 92 valence electrons. The third-order valence-electron chi connectivity index (χ3n) is 1.99. The summed E-state index contributed by atoms with van der Waals surface area (Å²) in [5, 5.41) is 0. The average Bonchev–Trinajstić information content (AvgIpc) is 2.28. The first-order valence-corrected chi connectivity index (χ1v) is 5.53. The highest BCUT2D eigenvalue weighted by Gasteiger charge is 2.19. The maximum Gasteiger partial charge on any atom is 0.339 e. The third kappa shape index (κ3) is 3.59. The van der Waals surface area contributed by atoms with Gasteiger partial charge in [-0.05, 0) is 32.9 Å². The highest BCUT2D eigenvalue weighted by molar-refractivity contribution is 6.03. The second-order valence-electron chi connectivity index (χ2n) is 3.72.